The lowest BCUT2D eigenvalue weighted by atomic mass is 9.96. The number of nitrogens with two attached hydrogens (primary N) is 1. The number of piperidine rings is 1. The van der Waals surface area contributed by atoms with Crippen molar-refractivity contribution < 1.29 is 19.1 Å². The number of likely N-dealkylation sites (tertiary alicyclic amines) is 1. The number of nitrogens with one attached hydrogen (secondary N) is 1. The van der Waals surface area contributed by atoms with E-state index in [1.807, 2.05) is 0 Å². The minimum Gasteiger partial charge on any atom is -0.492 e. The number of methoxy groups -OCH3 is 1. The summed E-state index contributed by atoms with van der Waals surface area (Å²) < 4.78 is 10.9. The van der Waals surface area contributed by atoms with Gasteiger partial charge in [-0.05, 0) is 51.3 Å². The summed E-state index contributed by atoms with van der Waals surface area (Å²) in [7, 11) is 1.58. The highest BCUT2D eigenvalue weighted by Crippen LogP contribution is 2.38. The van der Waals surface area contributed by atoms with Crippen molar-refractivity contribution >= 4 is 29.0 Å². The Bertz CT molecular complexity index is 763. The minimum absolute atomic E-state index is 0.0725. The summed E-state index contributed by atoms with van der Waals surface area (Å²) in [5, 5.41) is 3.43. The molecule has 0 saturated carbocycles. The summed E-state index contributed by atoms with van der Waals surface area (Å²) in [6, 6.07) is 1.60. The van der Waals surface area contributed by atoms with Crippen molar-refractivity contribution in [1.82, 2.24) is 10.2 Å². The molecule has 1 saturated heterocycles. The maximum atomic E-state index is 12.7. The van der Waals surface area contributed by atoms with Crippen molar-refractivity contribution in [2.75, 3.05) is 45.6 Å². The molecule has 1 aromatic rings. The molecule has 1 unspecified atom stereocenters. The third-order valence-electron chi connectivity index (χ3n) is 5.92. The molecule has 0 aromatic heterocycles. The third-order valence-corrected chi connectivity index (χ3v) is 6.23. The Morgan fingerprint density at radius 3 is 2.79 bits per heavy atom. The van der Waals surface area contributed by atoms with Crippen LogP contribution in [0.5, 0.6) is 5.75 Å². The van der Waals surface area contributed by atoms with Crippen LogP contribution >= 0.6 is 11.6 Å². The monoisotopic (exact) mass is 423 g/mol. The van der Waals surface area contributed by atoms with Gasteiger partial charge in [0.25, 0.3) is 5.91 Å². The second-order valence-corrected chi connectivity index (χ2v) is 8.25. The normalized spacial score (nSPS) is 18.2. The van der Waals surface area contributed by atoms with Crippen molar-refractivity contribution in [3.8, 4) is 5.75 Å². The van der Waals surface area contributed by atoms with Crippen molar-refractivity contribution in [1.29, 1.82) is 0 Å². The number of hydrogen-bond donors (Lipinski definition) is 2. The summed E-state index contributed by atoms with van der Waals surface area (Å²) in [5.74, 6) is 0.900. The predicted octanol–water partition coefficient (Wildman–Crippen LogP) is 2.29. The van der Waals surface area contributed by atoms with Gasteiger partial charge in [-0.15, -0.1) is 0 Å². The molecule has 2 heterocycles. The van der Waals surface area contributed by atoms with E-state index in [0.717, 1.165) is 44.5 Å². The van der Waals surface area contributed by atoms with E-state index in [1.54, 1.807) is 20.1 Å². The number of carbonyl (C=O) groups excluding carboxylic acids is 2. The molecule has 3 rings (SSSR count). The lowest BCUT2D eigenvalue weighted by molar-refractivity contribution is -0.127. The Morgan fingerprint density at radius 1 is 1.41 bits per heavy atom. The Labute approximate surface area is 176 Å². The highest BCUT2D eigenvalue weighted by molar-refractivity contribution is 6.33. The quantitative estimate of drug-likeness (QED) is 0.623. The maximum absolute atomic E-state index is 12.7. The van der Waals surface area contributed by atoms with Gasteiger partial charge in [0.2, 0.25) is 0 Å². The third kappa shape index (κ3) is 5.21. The van der Waals surface area contributed by atoms with Crippen LogP contribution in [-0.2, 0) is 16.0 Å². The zero-order valence-electron chi connectivity index (χ0n) is 17.1. The average Bonchev–Trinajstić information content (AvgIpc) is 3.20. The first-order valence-electron chi connectivity index (χ1n) is 10.2. The van der Waals surface area contributed by atoms with Gasteiger partial charge in [0.05, 0.1) is 22.9 Å². The summed E-state index contributed by atoms with van der Waals surface area (Å²) in [4.78, 5) is 26.5. The summed E-state index contributed by atoms with van der Waals surface area (Å²) in [6.07, 6.45) is 3.09. The van der Waals surface area contributed by atoms with Crippen LogP contribution in [0.1, 0.15) is 42.1 Å². The van der Waals surface area contributed by atoms with Crippen molar-refractivity contribution in [3.05, 3.63) is 22.2 Å². The number of benzene rings is 1. The van der Waals surface area contributed by atoms with Gasteiger partial charge in [0.15, 0.2) is 5.78 Å². The fourth-order valence-corrected chi connectivity index (χ4v) is 4.29. The number of nitrogen functional groups attached to an aromatic ring is 1. The molecule has 0 radical (unpaired) electrons. The first kappa shape index (κ1) is 21.9. The average molecular weight is 424 g/mol. The van der Waals surface area contributed by atoms with Crippen LogP contribution in [0.4, 0.5) is 5.69 Å². The molecule has 2 aliphatic rings. The number of halogens is 1. The van der Waals surface area contributed by atoms with E-state index in [1.165, 1.54) is 0 Å². The molecule has 1 aromatic carbocycles. The van der Waals surface area contributed by atoms with Crippen LogP contribution < -0.4 is 15.8 Å². The fraction of sp³-hybridized carbons (Fsp3) is 0.619. The van der Waals surface area contributed by atoms with E-state index < -0.39 is 0 Å². The summed E-state index contributed by atoms with van der Waals surface area (Å²) in [5.41, 5.74) is 7.80. The number of anilines is 1. The minimum atomic E-state index is -0.317. The molecule has 3 N–H and O–H groups in total. The number of ketones is 1. The van der Waals surface area contributed by atoms with Gasteiger partial charge in [0, 0.05) is 32.2 Å². The molecule has 1 atom stereocenters. The molecule has 29 heavy (non-hydrogen) atoms. The Balaban J connectivity index is 1.46. The van der Waals surface area contributed by atoms with E-state index in [2.05, 4.69) is 10.2 Å². The molecule has 1 amide bonds. The predicted molar refractivity (Wildman–Crippen MR) is 113 cm³/mol. The fourth-order valence-electron chi connectivity index (χ4n) is 4.07. The number of ether oxygens (including phenoxy) is 2. The Hall–Kier alpha value is -1.83. The maximum Gasteiger partial charge on any atom is 0.255 e. The summed E-state index contributed by atoms with van der Waals surface area (Å²) in [6.45, 7) is 5.48. The molecule has 8 heteroatoms. The highest BCUT2D eigenvalue weighted by Gasteiger charge is 2.26. The van der Waals surface area contributed by atoms with Crippen molar-refractivity contribution in [3.63, 3.8) is 0 Å². The van der Waals surface area contributed by atoms with E-state index in [9.17, 15) is 9.59 Å². The number of Topliss-reactive ketones (excluding diaryl/α,β-unsaturated/α-hetero) is 1. The molecule has 2 aliphatic heterocycles. The van der Waals surface area contributed by atoms with Gasteiger partial charge in [0.1, 0.15) is 11.9 Å². The van der Waals surface area contributed by atoms with Gasteiger partial charge in [-0.25, -0.2) is 0 Å². The van der Waals surface area contributed by atoms with Crippen molar-refractivity contribution in [2.45, 2.75) is 38.7 Å². The SMILES string of the molecule is COC(CCN1CCC(CNC(=O)c2cc(Cl)c(N)c3c2OCC3)CC1)C(C)=O. The van der Waals surface area contributed by atoms with Gasteiger partial charge in [-0.2, -0.15) is 0 Å². The highest BCUT2D eigenvalue weighted by atomic mass is 35.5. The van der Waals surface area contributed by atoms with Gasteiger partial charge < -0.3 is 25.4 Å². The van der Waals surface area contributed by atoms with Crippen LogP contribution in [0.3, 0.4) is 0 Å². The number of hydrogen-bond acceptors (Lipinski definition) is 6. The molecule has 0 bridgehead atoms. The number of carbonyl (C=O) groups is 2. The van der Waals surface area contributed by atoms with Crippen LogP contribution in [0.25, 0.3) is 0 Å². The van der Waals surface area contributed by atoms with Crippen LogP contribution in [0.2, 0.25) is 5.02 Å². The molecule has 0 aliphatic carbocycles. The zero-order valence-corrected chi connectivity index (χ0v) is 17.9. The first-order chi connectivity index (χ1) is 13.9. The van der Waals surface area contributed by atoms with E-state index in [-0.39, 0.29) is 17.8 Å². The van der Waals surface area contributed by atoms with Crippen LogP contribution in [0, 0.1) is 5.92 Å². The molecule has 7 nitrogen and oxygen atoms in total. The van der Waals surface area contributed by atoms with E-state index in [4.69, 9.17) is 26.8 Å². The standard InChI is InChI=1S/C21H30ClN3O4/c1-13(26)18(28-2)5-9-25-7-3-14(4-8-25)12-24-21(27)16-11-17(22)19(23)15-6-10-29-20(15)16/h11,14,18H,3-10,12,23H2,1-2H3,(H,24,27). The largest absolute Gasteiger partial charge is 0.492 e. The lowest BCUT2D eigenvalue weighted by Gasteiger charge is -2.32. The number of nitrogens with zero attached hydrogens (tertiary/aromatic N) is 1. The Kier molecular flexibility index (Phi) is 7.38. The van der Waals surface area contributed by atoms with E-state index >= 15 is 0 Å². The molecule has 160 valence electrons. The van der Waals surface area contributed by atoms with Crippen LogP contribution in [-0.4, -0.2) is 62.6 Å². The summed E-state index contributed by atoms with van der Waals surface area (Å²) >= 11 is 6.19. The number of amides is 1. The Morgan fingerprint density at radius 2 is 2.14 bits per heavy atom. The molecular formula is C21H30ClN3O4. The number of fused-ring (bicyclic) bond motifs is 1. The van der Waals surface area contributed by atoms with Crippen molar-refractivity contribution in [2.24, 2.45) is 5.92 Å². The molecular weight excluding hydrogens is 394 g/mol. The zero-order chi connectivity index (χ0) is 21.0. The number of rotatable bonds is 8. The van der Waals surface area contributed by atoms with E-state index in [0.29, 0.717) is 47.5 Å². The van der Waals surface area contributed by atoms with Crippen LogP contribution in [0.15, 0.2) is 6.07 Å². The van der Waals surface area contributed by atoms with Gasteiger partial charge in [-0.3, -0.25) is 9.59 Å². The second kappa shape index (κ2) is 9.78. The van der Waals surface area contributed by atoms with Gasteiger partial charge in [-0.1, -0.05) is 11.6 Å². The smallest absolute Gasteiger partial charge is 0.255 e. The molecule has 1 fully saturated rings. The van der Waals surface area contributed by atoms with Gasteiger partial charge >= 0.3 is 0 Å². The molecule has 0 spiro atoms. The topological polar surface area (TPSA) is 93.9 Å². The second-order valence-electron chi connectivity index (χ2n) is 7.84. The lowest BCUT2D eigenvalue weighted by Crippen LogP contribution is -2.40. The first-order valence-corrected chi connectivity index (χ1v) is 10.6.